The van der Waals surface area contributed by atoms with Crippen LogP contribution in [-0.4, -0.2) is 30.0 Å². The predicted molar refractivity (Wildman–Crippen MR) is 102 cm³/mol. The molecule has 1 atom stereocenters. The minimum absolute atomic E-state index is 0.00950. The molecule has 1 amide bonds. The van der Waals surface area contributed by atoms with Gasteiger partial charge in [-0.2, -0.15) is 11.3 Å². The highest BCUT2D eigenvalue weighted by Gasteiger charge is 2.24. The highest BCUT2D eigenvalue weighted by molar-refractivity contribution is 7.08. The summed E-state index contributed by atoms with van der Waals surface area (Å²) in [4.78, 5) is 19.1. The van der Waals surface area contributed by atoms with E-state index in [-0.39, 0.29) is 11.9 Å². The van der Waals surface area contributed by atoms with Gasteiger partial charge in [0.15, 0.2) is 0 Å². The third-order valence-corrected chi connectivity index (χ3v) is 5.18. The highest BCUT2D eigenvalue weighted by atomic mass is 32.1. The van der Waals surface area contributed by atoms with Crippen molar-refractivity contribution < 1.29 is 4.79 Å². The van der Waals surface area contributed by atoms with Crippen molar-refractivity contribution >= 4 is 23.1 Å². The molecule has 2 aromatic heterocycles. The second kappa shape index (κ2) is 7.07. The van der Waals surface area contributed by atoms with Crippen molar-refractivity contribution in [3.8, 4) is 11.1 Å². The SMILES string of the molecule is O=C(N[C@@H]1CCN(c2ccccn2)C1)c1ccc(-c2ccsc2)cc1. The van der Waals surface area contributed by atoms with Gasteiger partial charge in [-0.25, -0.2) is 4.98 Å². The quantitative estimate of drug-likeness (QED) is 0.779. The molecule has 1 N–H and O–H groups in total. The summed E-state index contributed by atoms with van der Waals surface area (Å²) in [7, 11) is 0. The molecule has 5 heteroatoms. The number of anilines is 1. The number of amides is 1. The average molecular weight is 349 g/mol. The molecular weight excluding hydrogens is 330 g/mol. The minimum atomic E-state index is -0.00950. The first-order valence-corrected chi connectivity index (χ1v) is 9.33. The molecule has 4 rings (SSSR count). The second-order valence-electron chi connectivity index (χ2n) is 6.18. The van der Waals surface area contributed by atoms with Gasteiger partial charge in [-0.15, -0.1) is 0 Å². The smallest absolute Gasteiger partial charge is 0.251 e. The first-order chi connectivity index (χ1) is 12.3. The van der Waals surface area contributed by atoms with Gasteiger partial charge in [0.05, 0.1) is 0 Å². The number of carbonyl (C=O) groups is 1. The van der Waals surface area contributed by atoms with Crippen molar-refractivity contribution in [2.24, 2.45) is 0 Å². The molecule has 4 nitrogen and oxygen atoms in total. The molecule has 0 aliphatic carbocycles. The van der Waals surface area contributed by atoms with E-state index in [9.17, 15) is 4.79 Å². The van der Waals surface area contributed by atoms with E-state index in [4.69, 9.17) is 0 Å². The van der Waals surface area contributed by atoms with Crippen molar-refractivity contribution in [1.29, 1.82) is 0 Å². The van der Waals surface area contributed by atoms with Gasteiger partial charge in [0, 0.05) is 30.9 Å². The molecule has 0 unspecified atom stereocenters. The Hall–Kier alpha value is -2.66. The number of nitrogens with one attached hydrogen (secondary N) is 1. The van der Waals surface area contributed by atoms with Gasteiger partial charge < -0.3 is 10.2 Å². The van der Waals surface area contributed by atoms with Crippen LogP contribution in [0.15, 0.2) is 65.5 Å². The molecule has 0 bridgehead atoms. The van der Waals surface area contributed by atoms with Crippen LogP contribution in [0.1, 0.15) is 16.8 Å². The number of pyridine rings is 1. The zero-order valence-electron chi connectivity index (χ0n) is 13.8. The normalized spacial score (nSPS) is 16.8. The summed E-state index contributed by atoms with van der Waals surface area (Å²) in [5.74, 6) is 0.962. The number of benzene rings is 1. The molecule has 0 radical (unpaired) electrons. The third-order valence-electron chi connectivity index (χ3n) is 4.50. The summed E-state index contributed by atoms with van der Waals surface area (Å²) in [5.41, 5.74) is 3.04. The lowest BCUT2D eigenvalue weighted by molar-refractivity contribution is 0.0940. The number of hydrogen-bond donors (Lipinski definition) is 1. The van der Waals surface area contributed by atoms with Gasteiger partial charge in [0.1, 0.15) is 5.82 Å². The molecule has 1 fully saturated rings. The Labute approximate surface area is 151 Å². The molecule has 3 heterocycles. The molecule has 1 aromatic carbocycles. The van der Waals surface area contributed by atoms with E-state index < -0.39 is 0 Å². The van der Waals surface area contributed by atoms with E-state index in [1.54, 1.807) is 17.5 Å². The molecule has 25 heavy (non-hydrogen) atoms. The maximum absolute atomic E-state index is 12.5. The number of thiophene rings is 1. The topological polar surface area (TPSA) is 45.2 Å². The van der Waals surface area contributed by atoms with E-state index in [1.165, 1.54) is 5.56 Å². The van der Waals surface area contributed by atoms with Crippen LogP contribution in [0.4, 0.5) is 5.82 Å². The van der Waals surface area contributed by atoms with E-state index in [1.807, 2.05) is 42.5 Å². The van der Waals surface area contributed by atoms with E-state index >= 15 is 0 Å². The van der Waals surface area contributed by atoms with Crippen LogP contribution in [0.5, 0.6) is 0 Å². The highest BCUT2D eigenvalue weighted by Crippen LogP contribution is 2.22. The largest absolute Gasteiger partial charge is 0.354 e. The Morgan fingerprint density at radius 3 is 2.72 bits per heavy atom. The van der Waals surface area contributed by atoms with Crippen molar-refractivity contribution in [2.45, 2.75) is 12.5 Å². The summed E-state index contributed by atoms with van der Waals surface area (Å²) < 4.78 is 0. The lowest BCUT2D eigenvalue weighted by Crippen LogP contribution is -2.37. The molecule has 1 saturated heterocycles. The van der Waals surface area contributed by atoms with Crippen molar-refractivity contribution in [3.05, 3.63) is 71.1 Å². The lowest BCUT2D eigenvalue weighted by Gasteiger charge is -2.17. The number of carbonyl (C=O) groups excluding carboxylic acids is 1. The van der Waals surface area contributed by atoms with E-state index in [0.29, 0.717) is 5.56 Å². The monoisotopic (exact) mass is 349 g/mol. The maximum atomic E-state index is 12.5. The van der Waals surface area contributed by atoms with Crippen molar-refractivity contribution in [3.63, 3.8) is 0 Å². The summed E-state index contributed by atoms with van der Waals surface area (Å²) in [6.07, 6.45) is 2.74. The Morgan fingerprint density at radius 1 is 1.12 bits per heavy atom. The van der Waals surface area contributed by atoms with Gasteiger partial charge in [0.25, 0.3) is 5.91 Å². The molecule has 1 aliphatic heterocycles. The van der Waals surface area contributed by atoms with E-state index in [0.717, 1.165) is 30.9 Å². The molecular formula is C20H19N3OS. The maximum Gasteiger partial charge on any atom is 0.251 e. The molecule has 126 valence electrons. The summed E-state index contributed by atoms with van der Waals surface area (Å²) in [6, 6.07) is 16.0. The van der Waals surface area contributed by atoms with Crippen LogP contribution in [0.3, 0.4) is 0 Å². The average Bonchev–Trinajstić information content (AvgIpc) is 3.35. The number of hydrogen-bond acceptors (Lipinski definition) is 4. The molecule has 1 aliphatic rings. The Kier molecular flexibility index (Phi) is 4.48. The first kappa shape index (κ1) is 15.8. The Balaban J connectivity index is 1.38. The standard InChI is InChI=1S/C20H19N3OS/c24-20(16-6-4-15(5-7-16)17-9-12-25-14-17)22-18-8-11-23(13-18)19-3-1-2-10-21-19/h1-7,9-10,12,14,18H,8,11,13H2,(H,22,24)/t18-/m1/s1. The third kappa shape index (κ3) is 3.56. The first-order valence-electron chi connectivity index (χ1n) is 8.39. The number of rotatable bonds is 4. The van der Waals surface area contributed by atoms with Crippen molar-refractivity contribution in [2.75, 3.05) is 18.0 Å². The van der Waals surface area contributed by atoms with Crippen LogP contribution >= 0.6 is 11.3 Å². The summed E-state index contributed by atoms with van der Waals surface area (Å²) in [5, 5.41) is 7.31. The Morgan fingerprint density at radius 2 is 2.00 bits per heavy atom. The van der Waals surface area contributed by atoms with Gasteiger partial charge in [-0.3, -0.25) is 4.79 Å². The second-order valence-corrected chi connectivity index (χ2v) is 6.96. The lowest BCUT2D eigenvalue weighted by atomic mass is 10.1. The van der Waals surface area contributed by atoms with Gasteiger partial charge >= 0.3 is 0 Å². The number of aromatic nitrogens is 1. The zero-order chi connectivity index (χ0) is 17.1. The van der Waals surface area contributed by atoms with Gasteiger partial charge in [0.2, 0.25) is 0 Å². The molecule has 0 saturated carbocycles. The predicted octanol–water partition coefficient (Wildman–Crippen LogP) is 3.82. The molecule has 0 spiro atoms. The van der Waals surface area contributed by atoms with E-state index in [2.05, 4.69) is 32.0 Å². The van der Waals surface area contributed by atoms with Gasteiger partial charge in [-0.1, -0.05) is 18.2 Å². The summed E-state index contributed by atoms with van der Waals surface area (Å²) in [6.45, 7) is 1.72. The van der Waals surface area contributed by atoms with Crippen LogP contribution in [0.25, 0.3) is 11.1 Å². The zero-order valence-corrected chi connectivity index (χ0v) is 14.6. The Bertz CT molecular complexity index is 831. The number of nitrogens with zero attached hydrogens (tertiary/aromatic N) is 2. The minimum Gasteiger partial charge on any atom is -0.354 e. The fourth-order valence-corrected chi connectivity index (χ4v) is 3.80. The van der Waals surface area contributed by atoms with Crippen LogP contribution < -0.4 is 10.2 Å². The fraction of sp³-hybridized carbons (Fsp3) is 0.200. The fourth-order valence-electron chi connectivity index (χ4n) is 3.14. The van der Waals surface area contributed by atoms with Crippen LogP contribution in [0, 0.1) is 0 Å². The van der Waals surface area contributed by atoms with Crippen molar-refractivity contribution in [1.82, 2.24) is 10.3 Å². The molecule has 3 aromatic rings. The summed E-state index contributed by atoms with van der Waals surface area (Å²) >= 11 is 1.68. The van der Waals surface area contributed by atoms with Crippen LogP contribution in [-0.2, 0) is 0 Å². The van der Waals surface area contributed by atoms with Crippen LogP contribution in [0.2, 0.25) is 0 Å². The van der Waals surface area contributed by atoms with Gasteiger partial charge in [-0.05, 0) is 58.6 Å².